The molecule has 0 bridgehead atoms. The molecule has 8 nitrogen and oxygen atoms in total. The highest BCUT2D eigenvalue weighted by molar-refractivity contribution is 7.94. The van der Waals surface area contributed by atoms with Crippen LogP contribution in [-0.2, 0) is 29.8 Å². The Morgan fingerprint density at radius 2 is 0.795 bits per heavy atom. The van der Waals surface area contributed by atoms with Gasteiger partial charge >= 0.3 is 20.2 Å². The molecule has 10 heteroatoms. The van der Waals surface area contributed by atoms with Crippen LogP contribution in [0.3, 0.4) is 0 Å². The standard InChI is InChI=1S/C34H20O8S2/c35-27-19-32(43(37,38)41-30-13-5-11-25-15-21-7-1-3-9-23(21)17-28(25)30)34(36)33(20-27)44(39,40)42-31-14-6-12-26-16-22-8-2-4-10-24(22)18-29(26)31/h1-20H. The minimum absolute atomic E-state index is 0.0902. The van der Waals surface area contributed by atoms with Crippen molar-refractivity contribution in [3.63, 3.8) is 0 Å². The van der Waals surface area contributed by atoms with Gasteiger partial charge in [0.05, 0.1) is 0 Å². The highest BCUT2D eigenvalue weighted by Crippen LogP contribution is 2.35. The molecule has 0 heterocycles. The fourth-order valence-electron chi connectivity index (χ4n) is 5.27. The molecule has 6 aromatic rings. The summed E-state index contributed by atoms with van der Waals surface area (Å²) in [4.78, 5) is 23.8. The van der Waals surface area contributed by atoms with Gasteiger partial charge in [-0.25, -0.2) is 0 Å². The molecule has 1 aliphatic rings. The van der Waals surface area contributed by atoms with Crippen molar-refractivity contribution in [2.45, 2.75) is 0 Å². The van der Waals surface area contributed by atoms with E-state index in [1.54, 1.807) is 36.4 Å². The molecule has 0 aromatic heterocycles. The predicted octanol–water partition coefficient (Wildman–Crippen LogP) is 6.34. The number of rotatable bonds is 6. The van der Waals surface area contributed by atoms with Gasteiger partial charge in [-0.2, -0.15) is 16.8 Å². The Bertz CT molecular complexity index is 2340. The maximum Gasteiger partial charge on any atom is 0.343 e. The van der Waals surface area contributed by atoms with Gasteiger partial charge in [-0.15, -0.1) is 0 Å². The first-order chi connectivity index (χ1) is 21.1. The van der Waals surface area contributed by atoms with Gasteiger partial charge < -0.3 is 8.37 Å². The van der Waals surface area contributed by atoms with E-state index in [0.717, 1.165) is 21.5 Å². The van der Waals surface area contributed by atoms with E-state index in [-0.39, 0.29) is 11.5 Å². The van der Waals surface area contributed by atoms with E-state index in [4.69, 9.17) is 8.37 Å². The Balaban J connectivity index is 1.22. The Morgan fingerprint density at radius 1 is 0.432 bits per heavy atom. The van der Waals surface area contributed by atoms with E-state index >= 15 is 0 Å². The summed E-state index contributed by atoms with van der Waals surface area (Å²) in [5, 5.41) is 5.75. The summed E-state index contributed by atoms with van der Waals surface area (Å²) in [5.74, 6) is -2.65. The number of hydrogen-bond donors (Lipinski definition) is 0. The molecule has 0 saturated heterocycles. The molecule has 0 saturated carbocycles. The first-order valence-corrected chi connectivity index (χ1v) is 16.1. The van der Waals surface area contributed by atoms with Crippen LogP contribution in [0, 0.1) is 0 Å². The van der Waals surface area contributed by atoms with Crippen LogP contribution in [0.4, 0.5) is 0 Å². The number of carbonyl (C=O) groups excluding carboxylic acids is 2. The number of fused-ring (bicyclic) bond motifs is 4. The summed E-state index contributed by atoms with van der Waals surface area (Å²) in [6, 6.07) is 31.7. The smallest absolute Gasteiger partial charge is 0.343 e. The monoisotopic (exact) mass is 620 g/mol. The molecule has 0 amide bonds. The van der Waals surface area contributed by atoms with Crippen LogP contribution in [0.1, 0.15) is 0 Å². The molecular weight excluding hydrogens is 601 g/mol. The van der Waals surface area contributed by atoms with Gasteiger partial charge in [0.25, 0.3) is 0 Å². The van der Waals surface area contributed by atoms with Crippen molar-refractivity contribution in [3.8, 4) is 11.5 Å². The zero-order valence-corrected chi connectivity index (χ0v) is 24.3. The third-order valence-corrected chi connectivity index (χ3v) is 9.83. The Hall–Kier alpha value is -5.32. The summed E-state index contributed by atoms with van der Waals surface area (Å²) in [6.07, 6.45) is 1.09. The van der Waals surface area contributed by atoms with Crippen molar-refractivity contribution in [2.75, 3.05) is 0 Å². The quantitative estimate of drug-likeness (QED) is 0.120. The number of allylic oxidation sites excluding steroid dienone is 4. The van der Waals surface area contributed by atoms with Gasteiger partial charge in [-0.05, 0) is 68.7 Å². The molecule has 0 spiro atoms. The van der Waals surface area contributed by atoms with E-state index in [1.165, 1.54) is 12.1 Å². The SMILES string of the molecule is O=C1C=C(S(=O)(=O)Oc2cccc3cc4ccccc4cc23)C(=O)C(S(=O)(=O)Oc2cccc3cc4ccccc4cc23)=C1. The van der Waals surface area contributed by atoms with Crippen molar-refractivity contribution < 1.29 is 34.8 Å². The Morgan fingerprint density at radius 3 is 1.20 bits per heavy atom. The number of benzene rings is 6. The molecule has 216 valence electrons. The summed E-state index contributed by atoms with van der Waals surface area (Å²) < 4.78 is 64.4. The fraction of sp³-hybridized carbons (Fsp3) is 0. The molecule has 44 heavy (non-hydrogen) atoms. The Labute approximate surface area is 251 Å². The minimum Gasteiger partial charge on any atom is -0.378 e. The number of Topliss-reactive ketones (excluding diaryl/α,β-unsaturated/α-hetero) is 1. The lowest BCUT2D eigenvalue weighted by Gasteiger charge is -2.16. The van der Waals surface area contributed by atoms with Crippen molar-refractivity contribution in [2.24, 2.45) is 0 Å². The van der Waals surface area contributed by atoms with Gasteiger partial charge in [0.2, 0.25) is 5.78 Å². The molecule has 0 aliphatic heterocycles. The second-order valence-electron chi connectivity index (χ2n) is 10.2. The highest BCUT2D eigenvalue weighted by Gasteiger charge is 2.40. The molecule has 0 atom stereocenters. The van der Waals surface area contributed by atoms with E-state index in [9.17, 15) is 26.4 Å². The fourth-order valence-corrected chi connectivity index (χ4v) is 7.47. The zero-order valence-electron chi connectivity index (χ0n) is 22.6. The number of hydrogen-bond acceptors (Lipinski definition) is 8. The van der Waals surface area contributed by atoms with Gasteiger partial charge in [0.15, 0.2) is 27.1 Å². The van der Waals surface area contributed by atoms with E-state index < -0.39 is 41.6 Å². The van der Waals surface area contributed by atoms with Crippen molar-refractivity contribution in [1.82, 2.24) is 0 Å². The molecule has 0 N–H and O–H groups in total. The maximum atomic E-state index is 13.4. The third-order valence-electron chi connectivity index (χ3n) is 7.35. The first kappa shape index (κ1) is 27.5. The summed E-state index contributed by atoms with van der Waals surface area (Å²) >= 11 is 0. The molecule has 1 aliphatic carbocycles. The van der Waals surface area contributed by atoms with Crippen LogP contribution in [0.5, 0.6) is 11.5 Å². The van der Waals surface area contributed by atoms with E-state index in [1.807, 2.05) is 60.7 Å². The Kier molecular flexibility index (Phi) is 6.34. The average Bonchev–Trinajstić information content (AvgIpc) is 3.00. The first-order valence-electron chi connectivity index (χ1n) is 13.3. The average molecular weight is 621 g/mol. The molecule has 6 aromatic carbocycles. The van der Waals surface area contributed by atoms with Crippen molar-refractivity contribution in [3.05, 3.63) is 131 Å². The molecule has 0 fully saturated rings. The molecule has 0 unspecified atom stereocenters. The maximum absolute atomic E-state index is 13.4. The minimum atomic E-state index is -4.96. The summed E-state index contributed by atoms with van der Waals surface area (Å²) in [7, 11) is -9.92. The van der Waals surface area contributed by atoms with Gasteiger partial charge in [-0.3, -0.25) is 9.59 Å². The molecular formula is C34H20O8S2. The number of ketones is 2. The second-order valence-corrected chi connectivity index (χ2v) is 13.2. The van der Waals surface area contributed by atoms with Crippen LogP contribution in [0.25, 0.3) is 43.1 Å². The van der Waals surface area contributed by atoms with E-state index in [2.05, 4.69) is 0 Å². The van der Waals surface area contributed by atoms with Gasteiger partial charge in [0, 0.05) is 22.9 Å². The lowest BCUT2D eigenvalue weighted by atomic mass is 10.0. The van der Waals surface area contributed by atoms with Crippen LogP contribution < -0.4 is 8.37 Å². The lowest BCUT2D eigenvalue weighted by molar-refractivity contribution is -0.114. The number of carbonyl (C=O) groups is 2. The van der Waals surface area contributed by atoms with Crippen molar-refractivity contribution in [1.29, 1.82) is 0 Å². The highest BCUT2D eigenvalue weighted by atomic mass is 32.2. The van der Waals surface area contributed by atoms with E-state index in [0.29, 0.717) is 33.7 Å². The summed E-state index contributed by atoms with van der Waals surface area (Å²) in [5.41, 5.74) is 0. The van der Waals surface area contributed by atoms with Crippen molar-refractivity contribution >= 4 is 74.9 Å². The molecule has 0 radical (unpaired) electrons. The van der Waals surface area contributed by atoms with Crippen LogP contribution in [0.15, 0.2) is 131 Å². The normalized spacial score (nSPS) is 14.2. The van der Waals surface area contributed by atoms with Gasteiger partial charge in [-0.1, -0.05) is 72.8 Å². The van der Waals surface area contributed by atoms with Crippen LogP contribution in [0.2, 0.25) is 0 Å². The van der Waals surface area contributed by atoms with Crippen LogP contribution >= 0.6 is 0 Å². The lowest BCUT2D eigenvalue weighted by Crippen LogP contribution is -2.29. The molecule has 7 rings (SSSR count). The zero-order chi connectivity index (χ0) is 30.6. The summed E-state index contributed by atoms with van der Waals surface area (Å²) in [6.45, 7) is 0. The largest absolute Gasteiger partial charge is 0.378 e. The predicted molar refractivity (Wildman–Crippen MR) is 168 cm³/mol. The topological polar surface area (TPSA) is 121 Å². The third kappa shape index (κ3) is 4.80. The van der Waals surface area contributed by atoms with Crippen LogP contribution in [-0.4, -0.2) is 28.4 Å². The second kappa shape index (κ2) is 10.1. The van der Waals surface area contributed by atoms with Gasteiger partial charge in [0.1, 0.15) is 0 Å².